The molecular weight excluding hydrogens is 486 g/mol. The molecule has 1 saturated heterocycles. The fourth-order valence-electron chi connectivity index (χ4n) is 4.00. The number of carbonyl (C=O) groups is 3. The fourth-order valence-corrected chi connectivity index (χ4v) is 4.86. The van der Waals surface area contributed by atoms with Crippen LogP contribution in [0.3, 0.4) is 0 Å². The van der Waals surface area contributed by atoms with Crippen LogP contribution in [-0.2, 0) is 16.0 Å². The quantitative estimate of drug-likeness (QED) is 0.452. The van der Waals surface area contributed by atoms with E-state index in [1.54, 1.807) is 26.2 Å². The Kier molecular flexibility index (Phi) is 7.69. The third-order valence-corrected chi connectivity index (χ3v) is 7.03. The van der Waals surface area contributed by atoms with Crippen molar-refractivity contribution in [2.24, 2.45) is 0 Å². The summed E-state index contributed by atoms with van der Waals surface area (Å²) in [5.41, 5.74) is 2.72. The molecule has 0 aromatic heterocycles. The van der Waals surface area contributed by atoms with Crippen molar-refractivity contribution in [2.45, 2.75) is 30.6 Å². The number of nitrogens with one attached hydrogen (secondary N) is 2. The van der Waals surface area contributed by atoms with Gasteiger partial charge in [0, 0.05) is 0 Å². The van der Waals surface area contributed by atoms with Crippen molar-refractivity contribution in [1.82, 2.24) is 10.6 Å². The minimum absolute atomic E-state index is 0.323. The zero-order valence-corrected chi connectivity index (χ0v) is 20.4. The molecule has 3 aromatic carbocycles. The Balaban J connectivity index is 1.62. The van der Waals surface area contributed by atoms with Gasteiger partial charge in [0.05, 0.1) is 24.3 Å². The molecule has 1 heterocycles. The summed E-state index contributed by atoms with van der Waals surface area (Å²) in [4.78, 5) is 36.8. The van der Waals surface area contributed by atoms with E-state index in [0.717, 1.165) is 40.6 Å². The Morgan fingerprint density at radius 3 is 2.36 bits per heavy atom. The molecule has 1 aliphatic heterocycles. The Labute approximate surface area is 211 Å². The van der Waals surface area contributed by atoms with Gasteiger partial charge in [0.15, 0.2) is 11.6 Å². The highest BCUT2D eigenvalue weighted by molar-refractivity contribution is 8.15. The number of hydrogen-bond acceptors (Lipinski definition) is 5. The number of ether oxygens (including phenoxy) is 1. The van der Waals surface area contributed by atoms with Gasteiger partial charge in [-0.3, -0.25) is 19.7 Å². The lowest BCUT2D eigenvalue weighted by molar-refractivity contribution is -0.122. The summed E-state index contributed by atoms with van der Waals surface area (Å²) in [6.07, 6.45) is 0.352. The zero-order valence-electron chi connectivity index (χ0n) is 19.6. The van der Waals surface area contributed by atoms with Crippen LogP contribution in [0.25, 0.3) is 0 Å². The van der Waals surface area contributed by atoms with Crippen LogP contribution >= 0.6 is 11.8 Å². The van der Waals surface area contributed by atoms with Gasteiger partial charge in [-0.2, -0.15) is 0 Å². The van der Waals surface area contributed by atoms with Crippen molar-refractivity contribution in [3.05, 3.63) is 101 Å². The van der Waals surface area contributed by atoms with Crippen LogP contribution in [0.15, 0.2) is 66.7 Å². The van der Waals surface area contributed by atoms with Crippen LogP contribution in [0.1, 0.15) is 41.1 Å². The largest absolute Gasteiger partial charge is 0.497 e. The van der Waals surface area contributed by atoms with Crippen LogP contribution in [0, 0.1) is 11.6 Å². The number of thioether (sulfide) groups is 1. The summed E-state index contributed by atoms with van der Waals surface area (Å²) < 4.78 is 32.4. The van der Waals surface area contributed by atoms with E-state index in [-0.39, 0.29) is 17.1 Å². The van der Waals surface area contributed by atoms with E-state index in [1.807, 2.05) is 36.4 Å². The second-order valence-corrected chi connectivity index (χ2v) is 9.62. The molecule has 0 spiro atoms. The lowest BCUT2D eigenvalue weighted by Crippen LogP contribution is -2.32. The zero-order chi connectivity index (χ0) is 25.8. The SMILES string of the molecule is COc1ccc(C(NC(=O)C(C)c2ccc(F)c(F)c2)c2cccc(CC3SC(=O)NC3=O)c2)cc1. The molecule has 186 valence electrons. The van der Waals surface area contributed by atoms with E-state index in [1.165, 1.54) is 6.07 Å². The summed E-state index contributed by atoms with van der Waals surface area (Å²) in [6.45, 7) is 1.62. The highest BCUT2D eigenvalue weighted by atomic mass is 32.2. The molecule has 9 heteroatoms. The second-order valence-electron chi connectivity index (χ2n) is 8.44. The smallest absolute Gasteiger partial charge is 0.286 e. The fraction of sp³-hybridized carbons (Fsp3) is 0.222. The lowest BCUT2D eigenvalue weighted by atomic mass is 9.94. The van der Waals surface area contributed by atoms with Gasteiger partial charge in [-0.15, -0.1) is 0 Å². The van der Waals surface area contributed by atoms with Gasteiger partial charge >= 0.3 is 0 Å². The molecule has 0 aliphatic carbocycles. The van der Waals surface area contributed by atoms with E-state index >= 15 is 0 Å². The normalized spacial score (nSPS) is 16.8. The van der Waals surface area contributed by atoms with Crippen LogP contribution < -0.4 is 15.4 Å². The van der Waals surface area contributed by atoms with Crippen LogP contribution in [0.5, 0.6) is 5.75 Å². The number of carbonyl (C=O) groups excluding carboxylic acids is 3. The minimum Gasteiger partial charge on any atom is -0.497 e. The number of rotatable bonds is 8. The summed E-state index contributed by atoms with van der Waals surface area (Å²) >= 11 is 0.957. The maximum atomic E-state index is 13.8. The van der Waals surface area contributed by atoms with Crippen molar-refractivity contribution >= 4 is 28.8 Å². The predicted molar refractivity (Wildman–Crippen MR) is 133 cm³/mol. The topological polar surface area (TPSA) is 84.5 Å². The van der Waals surface area contributed by atoms with Gasteiger partial charge in [-0.1, -0.05) is 54.2 Å². The molecule has 1 fully saturated rings. The van der Waals surface area contributed by atoms with Crippen LogP contribution in [0.4, 0.5) is 13.6 Å². The summed E-state index contributed by atoms with van der Waals surface area (Å²) in [5.74, 6) is -2.77. The molecule has 4 rings (SSSR count). The Morgan fingerprint density at radius 2 is 1.72 bits per heavy atom. The van der Waals surface area contributed by atoms with Crippen LogP contribution in [0.2, 0.25) is 0 Å². The van der Waals surface area contributed by atoms with E-state index in [4.69, 9.17) is 4.74 Å². The van der Waals surface area contributed by atoms with Crippen molar-refractivity contribution in [2.75, 3.05) is 7.11 Å². The molecular formula is C27H24F2N2O4S. The number of methoxy groups -OCH3 is 1. The number of benzene rings is 3. The number of halogens is 2. The van der Waals surface area contributed by atoms with E-state index in [2.05, 4.69) is 10.6 Å². The molecule has 3 unspecified atom stereocenters. The number of imide groups is 1. The minimum atomic E-state index is -1.01. The molecule has 6 nitrogen and oxygen atoms in total. The first kappa shape index (κ1) is 25.4. The predicted octanol–water partition coefficient (Wildman–Crippen LogP) is 4.88. The first-order chi connectivity index (χ1) is 17.2. The number of amides is 3. The van der Waals surface area contributed by atoms with Gasteiger partial charge in [0.1, 0.15) is 5.75 Å². The summed E-state index contributed by atoms with van der Waals surface area (Å²) in [5, 5.41) is 4.43. The number of hydrogen-bond donors (Lipinski definition) is 2. The molecule has 3 atom stereocenters. The maximum Gasteiger partial charge on any atom is 0.286 e. The van der Waals surface area contributed by atoms with Crippen LogP contribution in [-0.4, -0.2) is 29.4 Å². The third-order valence-electron chi connectivity index (χ3n) is 6.05. The van der Waals surface area contributed by atoms with Gasteiger partial charge in [-0.05, 0) is 59.9 Å². The highest BCUT2D eigenvalue weighted by Gasteiger charge is 2.31. The molecule has 36 heavy (non-hydrogen) atoms. The summed E-state index contributed by atoms with van der Waals surface area (Å²) in [6, 6.07) is 17.5. The Morgan fingerprint density at radius 1 is 1.00 bits per heavy atom. The second kappa shape index (κ2) is 10.9. The van der Waals surface area contributed by atoms with Gasteiger partial charge in [0.25, 0.3) is 5.24 Å². The van der Waals surface area contributed by atoms with Crippen molar-refractivity contribution in [3.63, 3.8) is 0 Å². The Bertz CT molecular complexity index is 1300. The molecule has 1 aliphatic rings. The first-order valence-corrected chi connectivity index (χ1v) is 12.1. The van der Waals surface area contributed by atoms with Gasteiger partial charge in [0.2, 0.25) is 11.8 Å². The maximum absolute atomic E-state index is 13.8. The third kappa shape index (κ3) is 5.73. The Hall–Kier alpha value is -3.72. The van der Waals surface area contributed by atoms with Gasteiger partial charge < -0.3 is 10.1 Å². The molecule has 0 saturated carbocycles. The van der Waals surface area contributed by atoms with E-state index in [0.29, 0.717) is 17.7 Å². The van der Waals surface area contributed by atoms with E-state index < -0.39 is 28.8 Å². The molecule has 3 amide bonds. The molecule has 2 N–H and O–H groups in total. The van der Waals surface area contributed by atoms with E-state index in [9.17, 15) is 23.2 Å². The highest BCUT2D eigenvalue weighted by Crippen LogP contribution is 2.29. The first-order valence-electron chi connectivity index (χ1n) is 11.2. The standard InChI is InChI=1S/C27H24F2N2O4S/c1-15(18-8-11-21(28)22(29)14-18)25(32)30-24(17-6-9-20(35-2)10-7-17)19-5-3-4-16(12-19)13-23-26(33)31-27(34)36-23/h3-12,14-15,23-24H,13H2,1-2H3,(H,30,32)(H,31,33,34). The van der Waals surface area contributed by atoms with Gasteiger partial charge in [-0.25, -0.2) is 8.78 Å². The average Bonchev–Trinajstić information content (AvgIpc) is 3.19. The summed E-state index contributed by atoms with van der Waals surface area (Å²) in [7, 11) is 1.56. The molecule has 3 aromatic rings. The van der Waals surface area contributed by atoms with Crippen molar-refractivity contribution < 1.29 is 27.9 Å². The van der Waals surface area contributed by atoms with Crippen molar-refractivity contribution in [3.8, 4) is 5.75 Å². The average molecular weight is 511 g/mol. The lowest BCUT2D eigenvalue weighted by Gasteiger charge is -2.23. The monoisotopic (exact) mass is 510 g/mol. The molecule has 0 radical (unpaired) electrons. The molecule has 0 bridgehead atoms. The van der Waals surface area contributed by atoms with Crippen molar-refractivity contribution in [1.29, 1.82) is 0 Å².